The Labute approximate surface area is 116 Å². The van der Waals surface area contributed by atoms with Crippen LogP contribution in [0.3, 0.4) is 0 Å². The van der Waals surface area contributed by atoms with Gasteiger partial charge in [0, 0.05) is 16.2 Å². The molecule has 1 aromatic rings. The summed E-state index contributed by atoms with van der Waals surface area (Å²) in [5, 5.41) is 0.592. The average molecular weight is 263 g/mol. The van der Waals surface area contributed by atoms with Crippen molar-refractivity contribution >= 4 is 11.8 Å². The number of aryl methyl sites for hydroxylation is 1. The van der Waals surface area contributed by atoms with Crippen molar-refractivity contribution in [2.75, 3.05) is 0 Å². The first-order chi connectivity index (χ1) is 8.56. The van der Waals surface area contributed by atoms with Crippen molar-refractivity contribution in [1.29, 1.82) is 0 Å². The third-order valence-corrected chi connectivity index (χ3v) is 5.52. The highest BCUT2D eigenvalue weighted by atomic mass is 32.2. The van der Waals surface area contributed by atoms with Gasteiger partial charge in [-0.25, -0.2) is 0 Å². The van der Waals surface area contributed by atoms with Crippen molar-refractivity contribution in [3.05, 3.63) is 29.8 Å². The molecule has 1 aromatic carbocycles. The molecule has 0 spiro atoms. The first kappa shape index (κ1) is 14.0. The normalized spacial score (nSPS) is 28.6. The number of nitrogens with two attached hydrogens (primary N) is 1. The summed E-state index contributed by atoms with van der Waals surface area (Å²) in [5.74, 6) is 1.64. The second-order valence-corrected chi connectivity index (χ2v) is 7.26. The summed E-state index contributed by atoms with van der Waals surface area (Å²) in [4.78, 5) is 1.37. The van der Waals surface area contributed by atoms with Crippen molar-refractivity contribution in [2.45, 2.75) is 56.2 Å². The molecule has 1 aliphatic carbocycles. The minimum atomic E-state index is 0.367. The lowest BCUT2D eigenvalue weighted by molar-refractivity contribution is 0.266. The van der Waals surface area contributed by atoms with E-state index in [0.717, 1.165) is 11.8 Å². The van der Waals surface area contributed by atoms with Crippen molar-refractivity contribution < 1.29 is 0 Å². The third-order valence-electron chi connectivity index (χ3n) is 4.13. The predicted octanol–water partition coefficient (Wildman–Crippen LogP) is 4.24. The molecule has 0 amide bonds. The van der Waals surface area contributed by atoms with Gasteiger partial charge in [-0.3, -0.25) is 0 Å². The largest absolute Gasteiger partial charge is 0.327 e. The topological polar surface area (TPSA) is 26.0 Å². The van der Waals surface area contributed by atoms with Gasteiger partial charge in [0.15, 0.2) is 0 Å². The molecule has 1 nitrogen and oxygen atoms in total. The van der Waals surface area contributed by atoms with Crippen LogP contribution in [0.25, 0.3) is 0 Å². The SMILES string of the molecule is Cc1ccc(SC2CC(C(C)C)CCC2N)cc1. The number of thioether (sulfide) groups is 1. The van der Waals surface area contributed by atoms with E-state index in [1.165, 1.54) is 29.7 Å². The van der Waals surface area contributed by atoms with Gasteiger partial charge in [0.2, 0.25) is 0 Å². The molecule has 2 rings (SSSR count). The number of benzene rings is 1. The van der Waals surface area contributed by atoms with Crippen LogP contribution in [-0.4, -0.2) is 11.3 Å². The monoisotopic (exact) mass is 263 g/mol. The highest BCUT2D eigenvalue weighted by molar-refractivity contribution is 8.00. The van der Waals surface area contributed by atoms with Crippen LogP contribution >= 0.6 is 11.8 Å². The first-order valence-electron chi connectivity index (χ1n) is 7.05. The van der Waals surface area contributed by atoms with E-state index in [1.54, 1.807) is 0 Å². The quantitative estimate of drug-likeness (QED) is 0.882. The molecule has 0 radical (unpaired) electrons. The van der Waals surface area contributed by atoms with Crippen molar-refractivity contribution in [3.63, 3.8) is 0 Å². The molecule has 0 bridgehead atoms. The Bertz CT molecular complexity index is 371. The Hall–Kier alpha value is -0.470. The van der Waals surface area contributed by atoms with Crippen LogP contribution in [0, 0.1) is 18.8 Å². The van der Waals surface area contributed by atoms with Gasteiger partial charge in [0.25, 0.3) is 0 Å². The fourth-order valence-electron chi connectivity index (χ4n) is 2.72. The molecule has 100 valence electrons. The molecule has 1 saturated carbocycles. The molecule has 18 heavy (non-hydrogen) atoms. The second-order valence-electron chi connectivity index (χ2n) is 5.95. The summed E-state index contributed by atoms with van der Waals surface area (Å²) < 4.78 is 0. The van der Waals surface area contributed by atoms with E-state index in [2.05, 4.69) is 45.0 Å². The molecule has 0 aromatic heterocycles. The number of hydrogen-bond acceptors (Lipinski definition) is 2. The van der Waals surface area contributed by atoms with E-state index >= 15 is 0 Å². The smallest absolute Gasteiger partial charge is 0.0249 e. The zero-order valence-corrected chi connectivity index (χ0v) is 12.5. The Morgan fingerprint density at radius 3 is 2.44 bits per heavy atom. The summed E-state index contributed by atoms with van der Waals surface area (Å²) in [6, 6.07) is 9.20. The molecule has 0 aliphatic heterocycles. The average Bonchev–Trinajstić information content (AvgIpc) is 2.34. The van der Waals surface area contributed by atoms with E-state index < -0.39 is 0 Å². The zero-order valence-electron chi connectivity index (χ0n) is 11.7. The van der Waals surface area contributed by atoms with Crippen LogP contribution in [-0.2, 0) is 0 Å². The van der Waals surface area contributed by atoms with E-state index in [4.69, 9.17) is 5.73 Å². The van der Waals surface area contributed by atoms with Crippen LogP contribution in [0.5, 0.6) is 0 Å². The summed E-state index contributed by atoms with van der Waals surface area (Å²) in [6.45, 7) is 6.82. The van der Waals surface area contributed by atoms with Gasteiger partial charge in [0.05, 0.1) is 0 Å². The molecule has 3 atom stereocenters. The molecule has 2 N–H and O–H groups in total. The molecular weight excluding hydrogens is 238 g/mol. The summed E-state index contributed by atoms with van der Waals surface area (Å²) in [7, 11) is 0. The maximum Gasteiger partial charge on any atom is 0.0249 e. The third kappa shape index (κ3) is 3.52. The lowest BCUT2D eigenvalue weighted by Crippen LogP contribution is -2.39. The summed E-state index contributed by atoms with van der Waals surface area (Å²) in [6.07, 6.45) is 3.77. The number of hydrogen-bond donors (Lipinski definition) is 1. The fourth-order valence-corrected chi connectivity index (χ4v) is 4.01. The lowest BCUT2D eigenvalue weighted by Gasteiger charge is -2.35. The van der Waals surface area contributed by atoms with Gasteiger partial charge in [-0.1, -0.05) is 31.5 Å². The van der Waals surface area contributed by atoms with Gasteiger partial charge < -0.3 is 5.73 Å². The summed E-state index contributed by atoms with van der Waals surface area (Å²) >= 11 is 1.98. The van der Waals surface area contributed by atoms with Gasteiger partial charge >= 0.3 is 0 Å². The van der Waals surface area contributed by atoms with E-state index in [1.807, 2.05) is 11.8 Å². The van der Waals surface area contributed by atoms with Gasteiger partial charge in [-0.15, -0.1) is 11.8 Å². The zero-order chi connectivity index (χ0) is 13.1. The van der Waals surface area contributed by atoms with E-state index in [0.29, 0.717) is 11.3 Å². The standard InChI is InChI=1S/C16H25NS/c1-11(2)13-6-9-15(17)16(10-13)18-14-7-4-12(3)5-8-14/h4-5,7-8,11,13,15-16H,6,9-10,17H2,1-3H3. The van der Waals surface area contributed by atoms with Crippen molar-refractivity contribution in [3.8, 4) is 0 Å². The van der Waals surface area contributed by atoms with Gasteiger partial charge in [0.1, 0.15) is 0 Å². The highest BCUT2D eigenvalue weighted by Gasteiger charge is 2.30. The second kappa shape index (κ2) is 6.12. The van der Waals surface area contributed by atoms with E-state index in [9.17, 15) is 0 Å². The Kier molecular flexibility index (Phi) is 4.74. The van der Waals surface area contributed by atoms with Crippen molar-refractivity contribution in [1.82, 2.24) is 0 Å². The lowest BCUT2D eigenvalue weighted by atomic mass is 9.79. The molecule has 1 aliphatic rings. The van der Waals surface area contributed by atoms with Crippen LogP contribution < -0.4 is 5.73 Å². The Balaban J connectivity index is 2.00. The van der Waals surface area contributed by atoms with Crippen LogP contribution in [0.15, 0.2) is 29.2 Å². The predicted molar refractivity (Wildman–Crippen MR) is 81.0 cm³/mol. The van der Waals surface area contributed by atoms with E-state index in [-0.39, 0.29) is 0 Å². The Morgan fingerprint density at radius 2 is 1.83 bits per heavy atom. The van der Waals surface area contributed by atoms with Crippen LogP contribution in [0.2, 0.25) is 0 Å². The maximum atomic E-state index is 6.30. The number of rotatable bonds is 3. The molecule has 2 heteroatoms. The van der Waals surface area contributed by atoms with Gasteiger partial charge in [-0.05, 0) is 50.2 Å². The minimum Gasteiger partial charge on any atom is -0.327 e. The maximum absolute atomic E-state index is 6.30. The Morgan fingerprint density at radius 1 is 1.17 bits per heavy atom. The fraction of sp³-hybridized carbons (Fsp3) is 0.625. The van der Waals surface area contributed by atoms with Gasteiger partial charge in [-0.2, -0.15) is 0 Å². The van der Waals surface area contributed by atoms with Crippen molar-refractivity contribution in [2.24, 2.45) is 17.6 Å². The first-order valence-corrected chi connectivity index (χ1v) is 7.93. The van der Waals surface area contributed by atoms with Crippen LogP contribution in [0.4, 0.5) is 0 Å². The molecule has 1 fully saturated rings. The molecular formula is C16H25NS. The highest BCUT2D eigenvalue weighted by Crippen LogP contribution is 2.38. The molecule has 3 unspecified atom stereocenters. The summed E-state index contributed by atoms with van der Waals surface area (Å²) in [5.41, 5.74) is 7.62. The van der Waals surface area contributed by atoms with Crippen LogP contribution in [0.1, 0.15) is 38.7 Å². The minimum absolute atomic E-state index is 0.367. The molecule has 0 saturated heterocycles. The molecule has 0 heterocycles.